The van der Waals surface area contributed by atoms with E-state index in [-0.39, 0.29) is 17.9 Å². The van der Waals surface area contributed by atoms with Gasteiger partial charge in [0.2, 0.25) is 11.9 Å². The number of hydrogen-bond acceptors (Lipinski definition) is 6. The summed E-state index contributed by atoms with van der Waals surface area (Å²) in [5, 5.41) is 0. The van der Waals surface area contributed by atoms with E-state index in [0.29, 0.717) is 45.0 Å². The Morgan fingerprint density at radius 2 is 2.20 bits per heavy atom. The number of nitrogens with zero attached hydrogens (tertiary/aromatic N) is 4. The summed E-state index contributed by atoms with van der Waals surface area (Å²) in [4.78, 5) is 36.5. The van der Waals surface area contributed by atoms with Crippen LogP contribution < -0.4 is 10.6 Å². The Balaban J connectivity index is 1.72. The second-order valence-electron chi connectivity index (χ2n) is 7.60. The van der Waals surface area contributed by atoms with Gasteiger partial charge >= 0.3 is 6.09 Å². The molecule has 136 valence electrons. The van der Waals surface area contributed by atoms with E-state index in [2.05, 4.69) is 9.97 Å². The highest BCUT2D eigenvalue weighted by Crippen LogP contribution is 2.25. The number of fused-ring (bicyclic) bond motifs is 1. The quantitative estimate of drug-likeness (QED) is 0.859. The summed E-state index contributed by atoms with van der Waals surface area (Å²) in [5.41, 5.74) is 6.92. The van der Waals surface area contributed by atoms with Crippen molar-refractivity contribution in [3.05, 3.63) is 17.5 Å². The average Bonchev–Trinajstić information content (AvgIpc) is 2.93. The molecule has 3 heterocycles. The van der Waals surface area contributed by atoms with Crippen molar-refractivity contribution in [2.75, 3.05) is 24.5 Å². The molecule has 1 saturated heterocycles. The molecule has 8 heteroatoms. The number of ether oxygens (including phenoxy) is 1. The number of rotatable bonds is 2. The molecule has 2 amide bonds. The zero-order chi connectivity index (χ0) is 18.2. The Morgan fingerprint density at radius 3 is 2.84 bits per heavy atom. The molecule has 1 unspecified atom stereocenters. The van der Waals surface area contributed by atoms with Crippen molar-refractivity contribution in [3.8, 4) is 0 Å². The van der Waals surface area contributed by atoms with E-state index in [9.17, 15) is 9.59 Å². The van der Waals surface area contributed by atoms with Crippen molar-refractivity contribution in [1.29, 1.82) is 0 Å². The van der Waals surface area contributed by atoms with Crippen LogP contribution in [0.3, 0.4) is 0 Å². The van der Waals surface area contributed by atoms with E-state index in [4.69, 9.17) is 10.5 Å². The highest BCUT2D eigenvalue weighted by atomic mass is 16.6. The monoisotopic (exact) mass is 347 g/mol. The fourth-order valence-electron chi connectivity index (χ4n) is 3.05. The summed E-state index contributed by atoms with van der Waals surface area (Å²) < 4.78 is 5.42. The molecule has 2 aliphatic rings. The molecule has 0 aromatic carbocycles. The van der Waals surface area contributed by atoms with Crippen molar-refractivity contribution < 1.29 is 14.3 Å². The summed E-state index contributed by atoms with van der Waals surface area (Å²) in [5.74, 6) is 0.613. The molecule has 3 rings (SSSR count). The molecule has 0 saturated carbocycles. The number of hydrogen-bond donors (Lipinski definition) is 1. The molecule has 2 aliphatic heterocycles. The first-order valence-electron chi connectivity index (χ1n) is 8.60. The minimum Gasteiger partial charge on any atom is -0.444 e. The van der Waals surface area contributed by atoms with Gasteiger partial charge in [0.25, 0.3) is 0 Å². The van der Waals surface area contributed by atoms with Crippen LogP contribution >= 0.6 is 0 Å². The minimum atomic E-state index is -0.520. The molecule has 0 radical (unpaired) electrons. The molecular weight excluding hydrogens is 322 g/mol. The van der Waals surface area contributed by atoms with E-state index in [1.807, 2.05) is 20.8 Å². The Labute approximate surface area is 147 Å². The zero-order valence-electron chi connectivity index (χ0n) is 15.0. The van der Waals surface area contributed by atoms with E-state index >= 15 is 0 Å². The lowest BCUT2D eigenvalue weighted by atomic mass is 10.1. The molecule has 1 fully saturated rings. The normalized spacial score (nSPS) is 20.6. The topological polar surface area (TPSA) is 102 Å². The van der Waals surface area contributed by atoms with Crippen LogP contribution in [0.15, 0.2) is 6.20 Å². The van der Waals surface area contributed by atoms with Gasteiger partial charge in [0, 0.05) is 37.7 Å². The number of carbonyl (C=O) groups excluding carboxylic acids is 2. The molecule has 1 atom stereocenters. The molecular formula is C17H25N5O3. The lowest BCUT2D eigenvalue weighted by Crippen LogP contribution is -2.40. The maximum absolute atomic E-state index is 12.2. The van der Waals surface area contributed by atoms with E-state index < -0.39 is 5.60 Å². The van der Waals surface area contributed by atoms with Crippen molar-refractivity contribution in [2.24, 2.45) is 11.7 Å². The van der Waals surface area contributed by atoms with E-state index in [1.165, 1.54) is 0 Å². The van der Waals surface area contributed by atoms with Crippen molar-refractivity contribution in [3.63, 3.8) is 0 Å². The third-order valence-electron chi connectivity index (χ3n) is 4.35. The van der Waals surface area contributed by atoms with Gasteiger partial charge in [-0.1, -0.05) is 0 Å². The van der Waals surface area contributed by atoms with Crippen molar-refractivity contribution in [1.82, 2.24) is 14.9 Å². The third-order valence-corrected chi connectivity index (χ3v) is 4.35. The summed E-state index contributed by atoms with van der Waals surface area (Å²) >= 11 is 0. The van der Waals surface area contributed by atoms with Gasteiger partial charge in [0.05, 0.1) is 12.2 Å². The van der Waals surface area contributed by atoms with Gasteiger partial charge in [0.15, 0.2) is 0 Å². The van der Waals surface area contributed by atoms with Crippen LogP contribution in [0.1, 0.15) is 38.4 Å². The summed E-state index contributed by atoms with van der Waals surface area (Å²) in [6, 6.07) is 0. The molecule has 0 bridgehead atoms. The number of nitrogens with two attached hydrogens (primary N) is 1. The molecule has 1 aromatic rings. The first kappa shape index (κ1) is 17.6. The van der Waals surface area contributed by atoms with Crippen LogP contribution in [0.2, 0.25) is 0 Å². The lowest BCUT2D eigenvalue weighted by Gasteiger charge is -2.31. The Hall–Kier alpha value is -2.22. The SMILES string of the molecule is CC(C)(C)OC(=O)N1CCc2nc(N3CC(CN)CC3=O)ncc2C1. The molecule has 25 heavy (non-hydrogen) atoms. The predicted octanol–water partition coefficient (Wildman–Crippen LogP) is 1.08. The fourth-order valence-corrected chi connectivity index (χ4v) is 3.05. The predicted molar refractivity (Wildman–Crippen MR) is 91.9 cm³/mol. The van der Waals surface area contributed by atoms with Gasteiger partial charge in [-0.2, -0.15) is 0 Å². The molecule has 1 aromatic heterocycles. The van der Waals surface area contributed by atoms with Gasteiger partial charge in [-0.25, -0.2) is 14.8 Å². The van der Waals surface area contributed by atoms with Crippen LogP contribution in [0, 0.1) is 5.92 Å². The smallest absolute Gasteiger partial charge is 0.410 e. The minimum absolute atomic E-state index is 0.0154. The number of amides is 2. The first-order valence-corrected chi connectivity index (χ1v) is 8.60. The number of anilines is 1. The number of carbonyl (C=O) groups is 2. The first-order chi connectivity index (χ1) is 11.8. The summed E-state index contributed by atoms with van der Waals surface area (Å²) in [6.45, 7) is 7.55. The molecule has 0 spiro atoms. The summed E-state index contributed by atoms with van der Waals surface area (Å²) in [7, 11) is 0. The Bertz CT molecular complexity index is 685. The van der Waals surface area contributed by atoms with Gasteiger partial charge in [-0.3, -0.25) is 9.69 Å². The summed E-state index contributed by atoms with van der Waals surface area (Å²) in [6.07, 6.45) is 2.44. The fraction of sp³-hybridized carbons (Fsp3) is 0.647. The van der Waals surface area contributed by atoms with Crippen LogP contribution in [0.5, 0.6) is 0 Å². The second-order valence-corrected chi connectivity index (χ2v) is 7.60. The average molecular weight is 347 g/mol. The standard InChI is InChI=1S/C17H25N5O3/c1-17(2,3)25-16(24)21-5-4-13-12(10-21)8-19-15(20-13)22-9-11(7-18)6-14(22)23/h8,11H,4-7,9-10,18H2,1-3H3. The van der Waals surface area contributed by atoms with Gasteiger partial charge in [-0.15, -0.1) is 0 Å². The lowest BCUT2D eigenvalue weighted by molar-refractivity contribution is -0.117. The second kappa shape index (κ2) is 6.59. The van der Waals surface area contributed by atoms with Crippen LogP contribution in [-0.4, -0.2) is 52.1 Å². The van der Waals surface area contributed by atoms with E-state index in [1.54, 1.807) is 16.0 Å². The van der Waals surface area contributed by atoms with Crippen LogP contribution in [0.4, 0.5) is 10.7 Å². The maximum Gasteiger partial charge on any atom is 0.410 e. The van der Waals surface area contributed by atoms with Gasteiger partial charge < -0.3 is 15.4 Å². The van der Waals surface area contributed by atoms with Gasteiger partial charge in [-0.05, 0) is 33.2 Å². The van der Waals surface area contributed by atoms with Crippen LogP contribution in [0.25, 0.3) is 0 Å². The highest BCUT2D eigenvalue weighted by Gasteiger charge is 2.32. The molecule has 8 nitrogen and oxygen atoms in total. The van der Waals surface area contributed by atoms with Gasteiger partial charge in [0.1, 0.15) is 5.60 Å². The molecule has 2 N–H and O–H groups in total. The maximum atomic E-state index is 12.2. The number of aromatic nitrogens is 2. The molecule has 0 aliphatic carbocycles. The Morgan fingerprint density at radius 1 is 1.44 bits per heavy atom. The highest BCUT2D eigenvalue weighted by molar-refractivity contribution is 5.94. The van der Waals surface area contributed by atoms with Crippen LogP contribution in [-0.2, 0) is 22.5 Å². The third kappa shape index (κ3) is 3.89. The largest absolute Gasteiger partial charge is 0.444 e. The van der Waals surface area contributed by atoms with Crippen molar-refractivity contribution >= 4 is 17.9 Å². The zero-order valence-corrected chi connectivity index (χ0v) is 15.0. The van der Waals surface area contributed by atoms with E-state index in [0.717, 1.165) is 11.3 Å². The Kier molecular flexibility index (Phi) is 4.64. The van der Waals surface area contributed by atoms with Crippen molar-refractivity contribution in [2.45, 2.75) is 45.8 Å².